The van der Waals surface area contributed by atoms with Gasteiger partial charge < -0.3 is 4.42 Å². The molecule has 0 saturated heterocycles. The lowest BCUT2D eigenvalue weighted by atomic mass is 9.93. The van der Waals surface area contributed by atoms with Crippen molar-refractivity contribution in [1.82, 2.24) is 9.97 Å². The highest BCUT2D eigenvalue weighted by Gasteiger charge is 2.16. The first-order valence-corrected chi connectivity index (χ1v) is 10.6. The largest absolute Gasteiger partial charge is 0.437 e. The molecule has 0 aliphatic rings. The highest BCUT2D eigenvalue weighted by Crippen LogP contribution is 2.36. The molecule has 0 aliphatic heterocycles. The molecule has 0 aliphatic carbocycles. The van der Waals surface area contributed by atoms with Crippen LogP contribution in [0.2, 0.25) is 0 Å². The molecule has 0 fully saturated rings. The Morgan fingerprint density at radius 3 is 2.43 bits per heavy atom. The smallest absolute Gasteiger partial charge is 0.227 e. The minimum Gasteiger partial charge on any atom is -0.437 e. The van der Waals surface area contributed by atoms with Crippen molar-refractivity contribution in [3.05, 3.63) is 84.6 Å². The number of hydrogen-bond donors (Lipinski definition) is 0. The van der Waals surface area contributed by atoms with Crippen molar-refractivity contribution in [2.45, 2.75) is 32.6 Å². The van der Waals surface area contributed by atoms with Gasteiger partial charge in [-0.25, -0.2) is 4.98 Å². The van der Waals surface area contributed by atoms with Crippen molar-refractivity contribution in [3.8, 4) is 22.5 Å². The number of rotatable bonds is 5. The molecule has 30 heavy (non-hydrogen) atoms. The Bertz CT molecular complexity index is 1320. The first kappa shape index (κ1) is 18.6. The number of aromatic nitrogens is 2. The Hall–Kier alpha value is -3.46. The zero-order valence-corrected chi connectivity index (χ0v) is 17.3. The van der Waals surface area contributed by atoms with E-state index in [0.29, 0.717) is 11.6 Å². The lowest BCUT2D eigenvalue weighted by molar-refractivity contribution is 0.641. The van der Waals surface area contributed by atoms with E-state index in [1.165, 1.54) is 5.56 Å². The quantitative estimate of drug-likeness (QED) is 0.309. The zero-order valence-electron chi connectivity index (χ0n) is 17.3. The number of fused-ring (bicyclic) bond motifs is 3. The Kier molecular flexibility index (Phi) is 4.80. The Morgan fingerprint density at radius 2 is 1.63 bits per heavy atom. The first-order chi connectivity index (χ1) is 14.8. The van der Waals surface area contributed by atoms with E-state index in [4.69, 9.17) is 9.40 Å². The number of hydrogen-bond acceptors (Lipinski definition) is 3. The average Bonchev–Trinajstić information content (AvgIpc) is 3.19. The fraction of sp³-hybridized carbons (Fsp3) is 0.185. The molecule has 3 heteroatoms. The lowest BCUT2D eigenvalue weighted by Crippen LogP contribution is -1.96. The second kappa shape index (κ2) is 7.75. The van der Waals surface area contributed by atoms with Gasteiger partial charge in [-0.1, -0.05) is 56.3 Å². The van der Waals surface area contributed by atoms with Crippen molar-refractivity contribution < 1.29 is 4.42 Å². The van der Waals surface area contributed by atoms with Crippen molar-refractivity contribution in [3.63, 3.8) is 0 Å². The third-order valence-corrected chi connectivity index (χ3v) is 5.95. The molecule has 3 nitrogen and oxygen atoms in total. The van der Waals surface area contributed by atoms with E-state index in [1.807, 2.05) is 24.4 Å². The number of nitrogens with zero attached hydrogens (tertiary/aromatic N) is 2. The second-order valence-corrected chi connectivity index (χ2v) is 7.69. The van der Waals surface area contributed by atoms with Gasteiger partial charge in [-0.3, -0.25) is 4.98 Å². The summed E-state index contributed by atoms with van der Waals surface area (Å²) in [5.41, 5.74) is 6.81. The predicted octanol–water partition coefficient (Wildman–Crippen LogP) is 7.61. The lowest BCUT2D eigenvalue weighted by Gasteiger charge is -2.13. The van der Waals surface area contributed by atoms with Gasteiger partial charge in [0.15, 0.2) is 0 Å². The van der Waals surface area contributed by atoms with Gasteiger partial charge >= 0.3 is 0 Å². The van der Waals surface area contributed by atoms with Gasteiger partial charge in [-0.05, 0) is 54.7 Å². The molecule has 0 spiro atoms. The third-order valence-electron chi connectivity index (χ3n) is 5.95. The molecule has 5 aromatic rings. The van der Waals surface area contributed by atoms with E-state index in [2.05, 4.69) is 73.4 Å². The number of furan rings is 1. The van der Waals surface area contributed by atoms with Gasteiger partial charge in [0, 0.05) is 28.1 Å². The second-order valence-electron chi connectivity index (χ2n) is 7.69. The summed E-state index contributed by atoms with van der Waals surface area (Å²) in [6, 6.07) is 25.0. The summed E-state index contributed by atoms with van der Waals surface area (Å²) < 4.78 is 6.30. The summed E-state index contributed by atoms with van der Waals surface area (Å²) in [6.45, 7) is 4.48. The van der Waals surface area contributed by atoms with Crippen LogP contribution in [0.5, 0.6) is 0 Å². The molecular weight excluding hydrogens is 368 g/mol. The topological polar surface area (TPSA) is 38.9 Å². The van der Waals surface area contributed by atoms with E-state index < -0.39 is 0 Å². The molecule has 5 rings (SSSR count). The van der Waals surface area contributed by atoms with Crippen molar-refractivity contribution in [1.29, 1.82) is 0 Å². The molecule has 0 unspecified atom stereocenters. The Labute approximate surface area is 176 Å². The monoisotopic (exact) mass is 392 g/mol. The van der Waals surface area contributed by atoms with Crippen molar-refractivity contribution in [2.75, 3.05) is 0 Å². The molecule has 0 atom stereocenters. The minimum atomic E-state index is 0.553. The van der Waals surface area contributed by atoms with Crippen LogP contribution in [0.4, 0.5) is 0 Å². The van der Waals surface area contributed by atoms with Gasteiger partial charge in [0.25, 0.3) is 0 Å². The SMILES string of the molecule is CCC(CC)c1ccnc(-c2cccc3c2oc2nc(-c4ccccc4)ccc23)c1. The van der Waals surface area contributed by atoms with E-state index >= 15 is 0 Å². The molecular formula is C27H24N2O. The summed E-state index contributed by atoms with van der Waals surface area (Å²) in [5.74, 6) is 0.553. The highest BCUT2D eigenvalue weighted by molar-refractivity contribution is 6.08. The van der Waals surface area contributed by atoms with Crippen molar-refractivity contribution >= 4 is 22.1 Å². The van der Waals surface area contributed by atoms with Crippen LogP contribution in [-0.4, -0.2) is 9.97 Å². The molecule has 2 aromatic carbocycles. The van der Waals surface area contributed by atoms with Crippen molar-refractivity contribution in [2.24, 2.45) is 0 Å². The van der Waals surface area contributed by atoms with Crippen LogP contribution in [0, 0.1) is 0 Å². The number of pyridine rings is 2. The standard InChI is InChI=1S/C27H24N2O/c1-3-18(4-2)20-15-16-28-25(17-20)23-12-8-11-21-22-13-14-24(19-9-6-5-7-10-19)29-27(22)30-26(21)23/h5-18H,3-4H2,1-2H3. The van der Waals surface area contributed by atoms with Gasteiger partial charge in [-0.2, -0.15) is 0 Å². The van der Waals surface area contributed by atoms with Crippen LogP contribution >= 0.6 is 0 Å². The maximum atomic E-state index is 6.30. The van der Waals surface area contributed by atoms with E-state index in [0.717, 1.165) is 51.7 Å². The summed E-state index contributed by atoms with van der Waals surface area (Å²) in [5, 5.41) is 2.10. The summed E-state index contributed by atoms with van der Waals surface area (Å²) in [6.07, 6.45) is 4.16. The molecule has 3 aromatic heterocycles. The third kappa shape index (κ3) is 3.17. The van der Waals surface area contributed by atoms with Gasteiger partial charge in [0.2, 0.25) is 5.71 Å². The van der Waals surface area contributed by atoms with Crippen LogP contribution in [0.25, 0.3) is 44.6 Å². The molecule has 0 saturated carbocycles. The normalized spacial score (nSPS) is 11.6. The summed E-state index contributed by atoms with van der Waals surface area (Å²) in [4.78, 5) is 9.47. The Morgan fingerprint density at radius 1 is 0.800 bits per heavy atom. The summed E-state index contributed by atoms with van der Waals surface area (Å²) in [7, 11) is 0. The zero-order chi connectivity index (χ0) is 20.5. The Balaban J connectivity index is 1.66. The first-order valence-electron chi connectivity index (χ1n) is 10.6. The minimum absolute atomic E-state index is 0.553. The van der Waals surface area contributed by atoms with E-state index in [1.54, 1.807) is 0 Å². The maximum absolute atomic E-state index is 6.30. The number of benzene rings is 2. The molecule has 0 amide bonds. The fourth-order valence-electron chi connectivity index (χ4n) is 4.26. The van der Waals surface area contributed by atoms with Gasteiger partial charge in [0.1, 0.15) is 5.58 Å². The fourth-order valence-corrected chi connectivity index (χ4v) is 4.26. The highest BCUT2D eigenvalue weighted by atomic mass is 16.3. The van der Waals surface area contributed by atoms with Gasteiger partial charge in [0.05, 0.1) is 11.4 Å². The molecule has 0 bridgehead atoms. The molecule has 0 radical (unpaired) electrons. The molecule has 3 heterocycles. The molecule has 0 N–H and O–H groups in total. The van der Waals surface area contributed by atoms with E-state index in [9.17, 15) is 0 Å². The van der Waals surface area contributed by atoms with Crippen LogP contribution in [0.15, 0.2) is 83.4 Å². The number of para-hydroxylation sites is 1. The summed E-state index contributed by atoms with van der Waals surface area (Å²) >= 11 is 0. The van der Waals surface area contributed by atoms with Crippen LogP contribution < -0.4 is 0 Å². The predicted molar refractivity (Wildman–Crippen MR) is 124 cm³/mol. The van der Waals surface area contributed by atoms with Crippen LogP contribution in [-0.2, 0) is 0 Å². The van der Waals surface area contributed by atoms with Crippen LogP contribution in [0.3, 0.4) is 0 Å². The molecule has 148 valence electrons. The van der Waals surface area contributed by atoms with Crippen LogP contribution in [0.1, 0.15) is 38.2 Å². The maximum Gasteiger partial charge on any atom is 0.227 e. The van der Waals surface area contributed by atoms with Gasteiger partial charge in [-0.15, -0.1) is 0 Å². The average molecular weight is 393 g/mol. The van der Waals surface area contributed by atoms with E-state index in [-0.39, 0.29) is 0 Å².